The molecule has 0 radical (unpaired) electrons. The van der Waals surface area contributed by atoms with Crippen molar-refractivity contribution < 1.29 is 5.03 Å². The Balaban J connectivity index is 1.91. The maximum atomic E-state index is 11.9. The van der Waals surface area contributed by atoms with Crippen LogP contribution in [-0.2, 0) is 0 Å². The predicted molar refractivity (Wildman–Crippen MR) is 104 cm³/mol. The van der Waals surface area contributed by atoms with E-state index in [1.54, 1.807) is 0 Å². The zero-order chi connectivity index (χ0) is 18.6. The number of nitrogens with zero attached hydrogens (tertiary/aromatic N) is 4. The predicted octanol–water partition coefficient (Wildman–Crippen LogP) is 4.09. The van der Waals surface area contributed by atoms with Crippen molar-refractivity contribution in [2.75, 3.05) is 0 Å². The zero-order valence-corrected chi connectivity index (χ0v) is 14.3. The van der Waals surface area contributed by atoms with Crippen molar-refractivity contribution in [3.8, 4) is 0 Å². The zero-order valence-electron chi connectivity index (χ0n) is 14.3. The molecule has 0 saturated carbocycles. The summed E-state index contributed by atoms with van der Waals surface area (Å²) in [4.78, 5) is 21.1. The van der Waals surface area contributed by atoms with Gasteiger partial charge in [0.05, 0.1) is 0 Å². The summed E-state index contributed by atoms with van der Waals surface area (Å²) in [5.74, 6) is 0.740. The van der Waals surface area contributed by atoms with Crippen molar-refractivity contribution in [1.29, 1.82) is 0 Å². The highest BCUT2D eigenvalue weighted by Crippen LogP contribution is 2.29. The molecule has 6 nitrogen and oxygen atoms in total. The number of nitro groups is 1. The van der Waals surface area contributed by atoms with E-state index in [2.05, 4.69) is 9.98 Å². The molecular weight excluding hydrogens is 340 g/mol. The van der Waals surface area contributed by atoms with Gasteiger partial charge in [-0.05, 0) is 5.01 Å². The minimum absolute atomic E-state index is 0.267. The van der Waals surface area contributed by atoms with Gasteiger partial charge < -0.3 is 0 Å². The van der Waals surface area contributed by atoms with E-state index in [1.807, 2.05) is 91.0 Å². The fourth-order valence-electron chi connectivity index (χ4n) is 2.98. The van der Waals surface area contributed by atoms with Gasteiger partial charge in [0.1, 0.15) is 0 Å². The fourth-order valence-corrected chi connectivity index (χ4v) is 2.98. The van der Waals surface area contributed by atoms with Crippen molar-refractivity contribution >= 4 is 11.7 Å². The summed E-state index contributed by atoms with van der Waals surface area (Å²) in [5.41, 5.74) is 2.21. The first kappa shape index (κ1) is 16.7. The molecule has 0 fully saturated rings. The number of hydrogen-bond donors (Lipinski definition) is 0. The molecule has 132 valence electrons. The van der Waals surface area contributed by atoms with Crippen molar-refractivity contribution in [2.24, 2.45) is 9.98 Å². The van der Waals surface area contributed by atoms with E-state index >= 15 is 0 Å². The van der Waals surface area contributed by atoms with E-state index in [1.165, 1.54) is 0 Å². The molecule has 3 aromatic rings. The molecule has 1 atom stereocenters. The van der Waals surface area contributed by atoms with Crippen molar-refractivity contribution in [3.63, 3.8) is 0 Å². The number of rotatable bonds is 4. The lowest BCUT2D eigenvalue weighted by Gasteiger charge is -2.27. The second kappa shape index (κ2) is 7.21. The average Bonchev–Trinajstić information content (AvgIpc) is 2.74. The summed E-state index contributed by atoms with van der Waals surface area (Å²) >= 11 is 0. The molecular formula is C21H16N4O2. The van der Waals surface area contributed by atoms with Crippen LogP contribution in [0.3, 0.4) is 0 Å². The molecule has 4 rings (SSSR count). The van der Waals surface area contributed by atoms with Crippen LogP contribution in [0.25, 0.3) is 0 Å². The van der Waals surface area contributed by atoms with Gasteiger partial charge in [-0.2, -0.15) is 0 Å². The van der Waals surface area contributed by atoms with Gasteiger partial charge in [-0.3, -0.25) is 0 Å². The molecule has 1 unspecified atom stereocenters. The largest absolute Gasteiger partial charge is 0.234 e. The van der Waals surface area contributed by atoms with E-state index in [0.717, 1.165) is 16.1 Å². The first-order chi connectivity index (χ1) is 13.2. The van der Waals surface area contributed by atoms with E-state index in [0.29, 0.717) is 11.4 Å². The average molecular weight is 356 g/mol. The molecule has 0 aromatic heterocycles. The van der Waals surface area contributed by atoms with Gasteiger partial charge in [-0.25, -0.2) is 20.1 Å². The van der Waals surface area contributed by atoms with Crippen LogP contribution in [0.15, 0.2) is 101 Å². The molecule has 0 spiro atoms. The van der Waals surface area contributed by atoms with E-state index in [-0.39, 0.29) is 5.84 Å². The van der Waals surface area contributed by atoms with Crippen LogP contribution in [0.5, 0.6) is 0 Å². The minimum Gasteiger partial charge on any atom is -0.234 e. The van der Waals surface area contributed by atoms with E-state index in [9.17, 15) is 10.1 Å². The van der Waals surface area contributed by atoms with E-state index in [4.69, 9.17) is 0 Å². The third kappa shape index (κ3) is 3.32. The lowest BCUT2D eigenvalue weighted by Crippen LogP contribution is -2.42. The number of hydrogen-bond acceptors (Lipinski definition) is 4. The fraction of sp³-hybridized carbons (Fsp3) is 0.0476. The van der Waals surface area contributed by atoms with Gasteiger partial charge >= 0.3 is 0 Å². The van der Waals surface area contributed by atoms with Crippen LogP contribution < -0.4 is 0 Å². The molecule has 0 N–H and O–H groups in total. The number of aliphatic imine (C=N–C) groups is 2. The first-order valence-electron chi connectivity index (χ1n) is 8.50. The molecule has 0 amide bonds. The highest BCUT2D eigenvalue weighted by atomic mass is 16.7. The normalized spacial score (nSPS) is 16.4. The molecule has 27 heavy (non-hydrogen) atoms. The maximum absolute atomic E-state index is 11.9. The monoisotopic (exact) mass is 356 g/mol. The summed E-state index contributed by atoms with van der Waals surface area (Å²) in [6.07, 6.45) is -0.802. The van der Waals surface area contributed by atoms with Crippen LogP contribution in [0.1, 0.15) is 22.9 Å². The Morgan fingerprint density at radius 1 is 0.778 bits per heavy atom. The van der Waals surface area contributed by atoms with Crippen molar-refractivity contribution in [3.05, 3.63) is 118 Å². The van der Waals surface area contributed by atoms with Crippen molar-refractivity contribution in [2.45, 2.75) is 6.17 Å². The standard InChI is InChI=1S/C21H16N4O2/c26-25(27)24-20(17-12-6-2-7-13-17)22-19(16-10-4-1-5-11-16)23-21(24)18-14-8-3-9-15-18/h1-15,20H. The Bertz CT molecular complexity index is 1000. The SMILES string of the molecule is O=[N+]([O-])N1C(c2ccccc2)=NC(c2ccccc2)=NC1c1ccccc1. The van der Waals surface area contributed by atoms with Crippen molar-refractivity contribution in [1.82, 2.24) is 5.01 Å². The number of benzene rings is 3. The third-order valence-electron chi connectivity index (χ3n) is 4.24. The number of hydrazine groups is 1. The van der Waals surface area contributed by atoms with E-state index < -0.39 is 11.2 Å². The third-order valence-corrected chi connectivity index (χ3v) is 4.24. The van der Waals surface area contributed by atoms with Gasteiger partial charge in [0, 0.05) is 16.7 Å². The molecule has 0 aliphatic carbocycles. The molecule has 3 aromatic carbocycles. The van der Waals surface area contributed by atoms with Gasteiger partial charge in [-0.1, -0.05) is 91.0 Å². The summed E-state index contributed by atoms with van der Waals surface area (Å²) in [5, 5.41) is 12.5. The molecule has 1 aliphatic rings. The quantitative estimate of drug-likeness (QED) is 0.522. The summed E-state index contributed by atoms with van der Waals surface area (Å²) in [6.45, 7) is 0. The minimum atomic E-state index is -0.802. The summed E-state index contributed by atoms with van der Waals surface area (Å²) in [6, 6.07) is 27.9. The topological polar surface area (TPSA) is 71.1 Å². The highest BCUT2D eigenvalue weighted by Gasteiger charge is 2.37. The molecule has 1 heterocycles. The van der Waals surface area contributed by atoms with Gasteiger partial charge in [0.2, 0.25) is 12.0 Å². The molecule has 0 bridgehead atoms. The van der Waals surface area contributed by atoms with Gasteiger partial charge in [-0.15, -0.1) is 0 Å². The van der Waals surface area contributed by atoms with Crippen LogP contribution in [0, 0.1) is 10.1 Å². The molecule has 6 heteroatoms. The Morgan fingerprint density at radius 3 is 1.85 bits per heavy atom. The summed E-state index contributed by atoms with van der Waals surface area (Å²) < 4.78 is 0. The van der Waals surface area contributed by atoms with Crippen LogP contribution in [0.4, 0.5) is 0 Å². The van der Waals surface area contributed by atoms with Crippen LogP contribution in [0.2, 0.25) is 0 Å². The highest BCUT2D eigenvalue weighted by molar-refractivity contribution is 6.12. The van der Waals surface area contributed by atoms with Crippen LogP contribution >= 0.6 is 0 Å². The Kier molecular flexibility index (Phi) is 4.45. The Labute approximate surface area is 156 Å². The molecule has 0 saturated heterocycles. The Morgan fingerprint density at radius 2 is 1.30 bits per heavy atom. The smallest absolute Gasteiger partial charge is 0.213 e. The van der Waals surface area contributed by atoms with Gasteiger partial charge in [0.25, 0.3) is 0 Å². The lowest BCUT2D eigenvalue weighted by molar-refractivity contribution is -0.639. The maximum Gasteiger partial charge on any atom is 0.213 e. The Hall–Kier alpha value is -3.80. The van der Waals surface area contributed by atoms with Crippen LogP contribution in [-0.4, -0.2) is 21.7 Å². The van der Waals surface area contributed by atoms with Gasteiger partial charge in [0.15, 0.2) is 10.9 Å². The second-order valence-electron chi connectivity index (χ2n) is 5.99. The lowest BCUT2D eigenvalue weighted by atomic mass is 10.1. The molecule has 1 aliphatic heterocycles. The second-order valence-corrected chi connectivity index (χ2v) is 5.99. The number of amidine groups is 2. The first-order valence-corrected chi connectivity index (χ1v) is 8.50. The summed E-state index contributed by atoms with van der Waals surface area (Å²) in [7, 11) is 0.